The number of carbonyl (C=O) groups excluding carboxylic acids is 1. The van der Waals surface area contributed by atoms with Gasteiger partial charge >= 0.3 is 0 Å². The molecule has 7 heteroatoms. The predicted octanol–water partition coefficient (Wildman–Crippen LogP) is 3.20. The molecule has 2 aromatic rings. The highest BCUT2D eigenvalue weighted by atomic mass is 16.6. The molecule has 26 heavy (non-hydrogen) atoms. The van der Waals surface area contributed by atoms with Crippen LogP contribution in [0.4, 0.5) is 5.69 Å². The summed E-state index contributed by atoms with van der Waals surface area (Å²) in [4.78, 5) is 25.3. The van der Waals surface area contributed by atoms with Crippen LogP contribution in [-0.2, 0) is 0 Å². The van der Waals surface area contributed by atoms with Crippen molar-refractivity contribution in [3.8, 4) is 11.5 Å². The molecule has 0 aromatic heterocycles. The highest BCUT2D eigenvalue weighted by Gasteiger charge is 2.36. The molecular formula is C19H21N3O4. The monoisotopic (exact) mass is 355 g/mol. The van der Waals surface area contributed by atoms with Gasteiger partial charge in [0.2, 0.25) is 0 Å². The van der Waals surface area contributed by atoms with E-state index in [0.717, 1.165) is 6.42 Å². The average Bonchev–Trinajstić information content (AvgIpc) is 3.05. The van der Waals surface area contributed by atoms with E-state index in [0.29, 0.717) is 31.1 Å². The molecule has 1 unspecified atom stereocenters. The first-order valence-electron chi connectivity index (χ1n) is 8.42. The first-order chi connectivity index (χ1) is 12.4. The van der Waals surface area contributed by atoms with Crippen molar-refractivity contribution in [1.29, 1.82) is 0 Å². The Kier molecular flexibility index (Phi) is 4.90. The van der Waals surface area contributed by atoms with Gasteiger partial charge in [-0.2, -0.15) is 0 Å². The van der Waals surface area contributed by atoms with Gasteiger partial charge in [-0.3, -0.25) is 14.9 Å². The molecule has 0 aliphatic carbocycles. The quantitative estimate of drug-likeness (QED) is 0.656. The van der Waals surface area contributed by atoms with E-state index in [1.165, 1.54) is 18.2 Å². The molecule has 1 amide bonds. The number of amides is 1. The zero-order valence-corrected chi connectivity index (χ0v) is 14.6. The maximum atomic E-state index is 13.0. The SMILES string of the molecule is CC1(CN)CCN(C(=O)c2cc([N+](=O)[O-])ccc2Oc2ccccc2)C1. The molecule has 2 aromatic carbocycles. The Hall–Kier alpha value is -2.93. The largest absolute Gasteiger partial charge is 0.457 e. The minimum atomic E-state index is -0.517. The lowest BCUT2D eigenvalue weighted by Crippen LogP contribution is -2.34. The number of nitrogens with two attached hydrogens (primary N) is 1. The molecule has 3 rings (SSSR count). The Morgan fingerprint density at radius 1 is 1.31 bits per heavy atom. The summed E-state index contributed by atoms with van der Waals surface area (Å²) in [5.41, 5.74) is 5.73. The Morgan fingerprint density at radius 2 is 2.04 bits per heavy atom. The topological polar surface area (TPSA) is 98.7 Å². The maximum absolute atomic E-state index is 13.0. The van der Waals surface area contributed by atoms with Crippen LogP contribution < -0.4 is 10.5 Å². The molecule has 1 saturated heterocycles. The van der Waals surface area contributed by atoms with Gasteiger partial charge < -0.3 is 15.4 Å². The summed E-state index contributed by atoms with van der Waals surface area (Å²) in [6, 6.07) is 13.1. The maximum Gasteiger partial charge on any atom is 0.270 e. The number of carbonyl (C=O) groups is 1. The number of rotatable bonds is 5. The van der Waals surface area contributed by atoms with Crippen molar-refractivity contribution < 1.29 is 14.5 Å². The lowest BCUT2D eigenvalue weighted by Gasteiger charge is -2.23. The minimum Gasteiger partial charge on any atom is -0.457 e. The molecule has 0 saturated carbocycles. The fourth-order valence-corrected chi connectivity index (χ4v) is 3.04. The number of nitrogens with zero attached hydrogens (tertiary/aromatic N) is 2. The van der Waals surface area contributed by atoms with Crippen LogP contribution in [0, 0.1) is 15.5 Å². The van der Waals surface area contributed by atoms with Crippen LogP contribution in [0.3, 0.4) is 0 Å². The number of non-ortho nitro benzene ring substituents is 1. The van der Waals surface area contributed by atoms with Crippen molar-refractivity contribution in [2.24, 2.45) is 11.1 Å². The van der Waals surface area contributed by atoms with Gasteiger partial charge in [-0.15, -0.1) is 0 Å². The zero-order chi connectivity index (χ0) is 18.7. The smallest absolute Gasteiger partial charge is 0.270 e. The summed E-state index contributed by atoms with van der Waals surface area (Å²) in [7, 11) is 0. The van der Waals surface area contributed by atoms with Gasteiger partial charge in [0.05, 0.1) is 10.5 Å². The molecular weight excluding hydrogens is 334 g/mol. The number of hydrogen-bond donors (Lipinski definition) is 1. The lowest BCUT2D eigenvalue weighted by molar-refractivity contribution is -0.384. The van der Waals surface area contributed by atoms with Crippen molar-refractivity contribution in [3.63, 3.8) is 0 Å². The minimum absolute atomic E-state index is 0.128. The van der Waals surface area contributed by atoms with Crippen molar-refractivity contribution in [3.05, 3.63) is 64.2 Å². The second-order valence-electron chi connectivity index (χ2n) is 6.84. The van der Waals surface area contributed by atoms with Crippen LogP contribution in [-0.4, -0.2) is 35.4 Å². The highest BCUT2D eigenvalue weighted by Crippen LogP contribution is 2.33. The summed E-state index contributed by atoms with van der Waals surface area (Å²) in [6.07, 6.45) is 0.805. The van der Waals surface area contributed by atoms with E-state index in [1.54, 1.807) is 17.0 Å². The third-order valence-corrected chi connectivity index (χ3v) is 4.71. The van der Waals surface area contributed by atoms with Gasteiger partial charge in [0.25, 0.3) is 11.6 Å². The van der Waals surface area contributed by atoms with Crippen LogP contribution in [0.5, 0.6) is 11.5 Å². The fourth-order valence-electron chi connectivity index (χ4n) is 3.04. The van der Waals surface area contributed by atoms with E-state index in [4.69, 9.17) is 10.5 Å². The van der Waals surface area contributed by atoms with E-state index in [-0.39, 0.29) is 22.6 Å². The van der Waals surface area contributed by atoms with Crippen molar-refractivity contribution >= 4 is 11.6 Å². The van der Waals surface area contributed by atoms with Gasteiger partial charge in [-0.1, -0.05) is 25.1 Å². The van der Waals surface area contributed by atoms with Gasteiger partial charge in [-0.05, 0) is 36.6 Å². The molecule has 0 bridgehead atoms. The summed E-state index contributed by atoms with van der Waals surface area (Å²) in [5, 5.41) is 11.1. The van der Waals surface area contributed by atoms with E-state index in [9.17, 15) is 14.9 Å². The molecule has 2 N–H and O–H groups in total. The molecule has 0 radical (unpaired) electrons. The molecule has 136 valence electrons. The second-order valence-corrected chi connectivity index (χ2v) is 6.84. The Labute approximate surface area is 151 Å². The molecule has 1 aliphatic heterocycles. The molecule has 1 heterocycles. The van der Waals surface area contributed by atoms with Crippen molar-refractivity contribution in [2.45, 2.75) is 13.3 Å². The van der Waals surface area contributed by atoms with Crippen LogP contribution in [0.25, 0.3) is 0 Å². The fraction of sp³-hybridized carbons (Fsp3) is 0.316. The summed E-state index contributed by atoms with van der Waals surface area (Å²) in [6.45, 7) is 3.62. The number of hydrogen-bond acceptors (Lipinski definition) is 5. The Bertz CT molecular complexity index is 825. The number of ether oxygens (including phenoxy) is 1. The second kappa shape index (κ2) is 7.13. The molecule has 7 nitrogen and oxygen atoms in total. The number of benzene rings is 2. The summed E-state index contributed by atoms with van der Waals surface area (Å²) in [5.74, 6) is 0.577. The number of nitro benzene ring substituents is 1. The Balaban J connectivity index is 1.94. The normalized spacial score (nSPS) is 19.4. The van der Waals surface area contributed by atoms with E-state index < -0.39 is 4.92 Å². The van der Waals surface area contributed by atoms with Crippen LogP contribution in [0.15, 0.2) is 48.5 Å². The summed E-state index contributed by atoms with van der Waals surface area (Å²) >= 11 is 0. The van der Waals surface area contributed by atoms with E-state index >= 15 is 0 Å². The highest BCUT2D eigenvalue weighted by molar-refractivity contribution is 5.98. The number of likely N-dealkylation sites (tertiary alicyclic amines) is 1. The third kappa shape index (κ3) is 3.67. The van der Waals surface area contributed by atoms with Crippen LogP contribution >= 0.6 is 0 Å². The lowest BCUT2D eigenvalue weighted by atomic mass is 9.90. The molecule has 1 fully saturated rings. The molecule has 1 atom stereocenters. The van der Waals surface area contributed by atoms with Gasteiger partial charge in [0, 0.05) is 25.2 Å². The van der Waals surface area contributed by atoms with E-state index in [1.807, 2.05) is 25.1 Å². The number of para-hydroxylation sites is 1. The van der Waals surface area contributed by atoms with Crippen molar-refractivity contribution in [1.82, 2.24) is 4.90 Å². The van der Waals surface area contributed by atoms with E-state index in [2.05, 4.69) is 0 Å². The van der Waals surface area contributed by atoms with Crippen molar-refractivity contribution in [2.75, 3.05) is 19.6 Å². The standard InChI is InChI=1S/C19H21N3O4/c1-19(12-20)9-10-21(13-19)18(23)16-11-14(22(24)25)7-8-17(16)26-15-5-3-2-4-6-15/h2-8,11H,9-10,12-13,20H2,1H3. The number of nitro groups is 1. The molecule has 1 aliphatic rings. The predicted molar refractivity (Wildman–Crippen MR) is 97.3 cm³/mol. The Morgan fingerprint density at radius 3 is 2.65 bits per heavy atom. The van der Waals surface area contributed by atoms with Gasteiger partial charge in [0.1, 0.15) is 11.5 Å². The van der Waals surface area contributed by atoms with Crippen LogP contribution in [0.2, 0.25) is 0 Å². The first-order valence-corrected chi connectivity index (χ1v) is 8.42. The van der Waals surface area contributed by atoms with Gasteiger partial charge in [0.15, 0.2) is 0 Å². The average molecular weight is 355 g/mol. The van der Waals surface area contributed by atoms with Gasteiger partial charge in [-0.25, -0.2) is 0 Å². The zero-order valence-electron chi connectivity index (χ0n) is 14.6. The molecule has 0 spiro atoms. The first kappa shape index (κ1) is 17.9. The van der Waals surface area contributed by atoms with Crippen LogP contribution in [0.1, 0.15) is 23.7 Å². The third-order valence-electron chi connectivity index (χ3n) is 4.71. The summed E-state index contributed by atoms with van der Waals surface area (Å²) < 4.78 is 5.81.